The van der Waals surface area contributed by atoms with Gasteiger partial charge in [-0.15, -0.1) is 0 Å². The van der Waals surface area contributed by atoms with Crippen LogP contribution in [0, 0.1) is 0 Å². The van der Waals surface area contributed by atoms with Crippen LogP contribution < -0.4 is 0 Å². The van der Waals surface area contributed by atoms with Crippen molar-refractivity contribution in [2.45, 2.75) is 26.3 Å². The Morgan fingerprint density at radius 1 is 1.22 bits per heavy atom. The molecule has 0 atom stereocenters. The molecular formula is C13H27N3O2. The van der Waals surface area contributed by atoms with Crippen molar-refractivity contribution in [3.8, 4) is 0 Å². The zero-order valence-electron chi connectivity index (χ0n) is 11.9. The van der Waals surface area contributed by atoms with E-state index >= 15 is 0 Å². The first-order valence-corrected chi connectivity index (χ1v) is 6.85. The fourth-order valence-corrected chi connectivity index (χ4v) is 2.14. The lowest BCUT2D eigenvalue weighted by molar-refractivity contribution is -0.132. The summed E-state index contributed by atoms with van der Waals surface area (Å²) >= 11 is 0. The second-order valence-electron chi connectivity index (χ2n) is 5.29. The van der Waals surface area contributed by atoms with Gasteiger partial charge in [0.25, 0.3) is 0 Å². The average molecular weight is 257 g/mol. The first-order chi connectivity index (χ1) is 8.54. The molecule has 0 bridgehead atoms. The van der Waals surface area contributed by atoms with Crippen molar-refractivity contribution < 1.29 is 9.90 Å². The molecule has 1 aliphatic heterocycles. The molecular weight excluding hydrogens is 230 g/mol. The molecule has 1 saturated heterocycles. The van der Waals surface area contributed by atoms with Crippen LogP contribution in [0.3, 0.4) is 0 Å². The molecule has 0 aromatic rings. The Bertz CT molecular complexity index is 259. The number of hydrogen-bond acceptors (Lipinski definition) is 4. The summed E-state index contributed by atoms with van der Waals surface area (Å²) in [7, 11) is 1.86. The highest BCUT2D eigenvalue weighted by molar-refractivity contribution is 5.78. The summed E-state index contributed by atoms with van der Waals surface area (Å²) < 4.78 is 0. The Labute approximate surface area is 110 Å². The number of nitrogens with zero attached hydrogens (tertiary/aromatic N) is 3. The van der Waals surface area contributed by atoms with Gasteiger partial charge in [-0.1, -0.05) is 0 Å². The van der Waals surface area contributed by atoms with Gasteiger partial charge < -0.3 is 10.0 Å². The zero-order chi connectivity index (χ0) is 13.5. The third-order valence-corrected chi connectivity index (χ3v) is 3.62. The van der Waals surface area contributed by atoms with Crippen molar-refractivity contribution in [3.63, 3.8) is 0 Å². The van der Waals surface area contributed by atoms with Gasteiger partial charge in [0.05, 0.1) is 13.2 Å². The molecule has 0 aromatic heterocycles. The number of hydrogen-bond donors (Lipinski definition) is 1. The monoisotopic (exact) mass is 257 g/mol. The van der Waals surface area contributed by atoms with Crippen molar-refractivity contribution in [3.05, 3.63) is 0 Å². The van der Waals surface area contributed by atoms with Gasteiger partial charge in [0.15, 0.2) is 0 Å². The highest BCUT2D eigenvalue weighted by Crippen LogP contribution is 2.04. The maximum Gasteiger partial charge on any atom is 0.236 e. The van der Waals surface area contributed by atoms with Gasteiger partial charge in [-0.3, -0.25) is 14.6 Å². The van der Waals surface area contributed by atoms with Crippen molar-refractivity contribution in [1.29, 1.82) is 0 Å². The van der Waals surface area contributed by atoms with E-state index in [1.54, 1.807) is 4.90 Å². The number of carbonyl (C=O) groups is 1. The minimum absolute atomic E-state index is 0.195. The largest absolute Gasteiger partial charge is 0.395 e. The van der Waals surface area contributed by atoms with Crippen LogP contribution in [0.1, 0.15) is 20.3 Å². The maximum absolute atomic E-state index is 12.0. The van der Waals surface area contributed by atoms with Crippen LogP contribution in [0.4, 0.5) is 0 Å². The van der Waals surface area contributed by atoms with Crippen LogP contribution in [-0.2, 0) is 4.79 Å². The van der Waals surface area contributed by atoms with E-state index in [2.05, 4.69) is 9.80 Å². The fraction of sp³-hybridized carbons (Fsp3) is 0.923. The van der Waals surface area contributed by atoms with Gasteiger partial charge in [0, 0.05) is 32.7 Å². The van der Waals surface area contributed by atoms with Crippen molar-refractivity contribution in [2.75, 3.05) is 52.9 Å². The molecule has 106 valence electrons. The summed E-state index contributed by atoms with van der Waals surface area (Å²) in [5.74, 6) is 0.195. The Morgan fingerprint density at radius 3 is 2.44 bits per heavy atom. The minimum atomic E-state index is 0.195. The number of likely N-dealkylation sites (N-methyl/N-ethyl adjacent to an activating group) is 1. The molecule has 0 saturated carbocycles. The summed E-state index contributed by atoms with van der Waals surface area (Å²) in [5.41, 5.74) is 0. The van der Waals surface area contributed by atoms with Crippen LogP contribution in [0.15, 0.2) is 0 Å². The lowest BCUT2D eigenvalue weighted by Crippen LogP contribution is -2.42. The first-order valence-electron chi connectivity index (χ1n) is 6.85. The van der Waals surface area contributed by atoms with E-state index in [1.807, 2.05) is 20.9 Å². The number of aliphatic hydroxyl groups excluding tert-OH is 1. The molecule has 1 rings (SSSR count). The quantitative estimate of drug-likeness (QED) is 0.744. The first kappa shape index (κ1) is 15.4. The van der Waals surface area contributed by atoms with E-state index in [-0.39, 0.29) is 18.6 Å². The third-order valence-electron chi connectivity index (χ3n) is 3.62. The molecule has 1 heterocycles. The van der Waals surface area contributed by atoms with Gasteiger partial charge in [-0.25, -0.2) is 0 Å². The minimum Gasteiger partial charge on any atom is -0.395 e. The Kier molecular flexibility index (Phi) is 6.60. The van der Waals surface area contributed by atoms with E-state index < -0.39 is 0 Å². The zero-order valence-corrected chi connectivity index (χ0v) is 11.9. The van der Waals surface area contributed by atoms with E-state index in [1.165, 1.54) is 0 Å². The Balaban J connectivity index is 2.37. The van der Waals surface area contributed by atoms with E-state index in [0.29, 0.717) is 6.54 Å². The third kappa shape index (κ3) is 4.92. The van der Waals surface area contributed by atoms with Crippen LogP contribution >= 0.6 is 0 Å². The molecule has 18 heavy (non-hydrogen) atoms. The molecule has 0 aliphatic carbocycles. The van der Waals surface area contributed by atoms with Crippen LogP contribution in [-0.4, -0.2) is 84.7 Å². The van der Waals surface area contributed by atoms with Crippen molar-refractivity contribution in [1.82, 2.24) is 14.7 Å². The standard InChI is InChI=1S/C13H27N3O2/c1-12(2)14(3)13(18)11-16-6-4-5-15(7-8-16)9-10-17/h12,17H,4-11H2,1-3H3. The molecule has 1 fully saturated rings. The summed E-state index contributed by atoms with van der Waals surface area (Å²) in [6.45, 7) is 9.39. The van der Waals surface area contributed by atoms with E-state index in [4.69, 9.17) is 5.11 Å². The predicted octanol–water partition coefficient (Wildman–Crippen LogP) is -0.147. The van der Waals surface area contributed by atoms with Crippen LogP contribution in [0.5, 0.6) is 0 Å². The summed E-state index contributed by atoms with van der Waals surface area (Å²) in [6.07, 6.45) is 1.07. The van der Waals surface area contributed by atoms with Crippen molar-refractivity contribution in [2.24, 2.45) is 0 Å². The molecule has 0 unspecified atom stereocenters. The molecule has 0 radical (unpaired) electrons. The number of aliphatic hydroxyl groups is 1. The lowest BCUT2D eigenvalue weighted by Gasteiger charge is -2.26. The van der Waals surface area contributed by atoms with Gasteiger partial charge in [0.2, 0.25) is 5.91 Å². The van der Waals surface area contributed by atoms with E-state index in [0.717, 1.165) is 39.1 Å². The van der Waals surface area contributed by atoms with Gasteiger partial charge in [-0.2, -0.15) is 0 Å². The van der Waals surface area contributed by atoms with Gasteiger partial charge >= 0.3 is 0 Å². The highest BCUT2D eigenvalue weighted by atomic mass is 16.3. The molecule has 1 amide bonds. The predicted molar refractivity (Wildman–Crippen MR) is 72.5 cm³/mol. The van der Waals surface area contributed by atoms with Crippen LogP contribution in [0.2, 0.25) is 0 Å². The maximum atomic E-state index is 12.0. The van der Waals surface area contributed by atoms with Gasteiger partial charge in [0.1, 0.15) is 0 Å². The summed E-state index contributed by atoms with van der Waals surface area (Å²) in [4.78, 5) is 18.3. The van der Waals surface area contributed by atoms with E-state index in [9.17, 15) is 4.79 Å². The molecule has 0 spiro atoms. The molecule has 1 aliphatic rings. The number of rotatable bonds is 5. The Morgan fingerprint density at radius 2 is 1.83 bits per heavy atom. The summed E-state index contributed by atoms with van der Waals surface area (Å²) in [6, 6.07) is 0.260. The number of β-amino-alcohol motifs (C(OH)–C–C–N with tert-alkyl or cyclic N) is 1. The molecule has 5 heteroatoms. The smallest absolute Gasteiger partial charge is 0.236 e. The molecule has 0 aromatic carbocycles. The molecule has 1 N–H and O–H groups in total. The second-order valence-corrected chi connectivity index (χ2v) is 5.29. The SMILES string of the molecule is CC(C)N(C)C(=O)CN1CCCN(CCO)CC1. The second kappa shape index (κ2) is 7.71. The van der Waals surface area contributed by atoms with Crippen molar-refractivity contribution >= 4 is 5.91 Å². The summed E-state index contributed by atoms with van der Waals surface area (Å²) in [5, 5.41) is 8.94. The Hall–Kier alpha value is -0.650. The molecule has 5 nitrogen and oxygen atoms in total. The topological polar surface area (TPSA) is 47.0 Å². The fourth-order valence-electron chi connectivity index (χ4n) is 2.14. The number of amides is 1. The lowest BCUT2D eigenvalue weighted by atomic mass is 10.3. The average Bonchev–Trinajstić information content (AvgIpc) is 2.54. The van der Waals surface area contributed by atoms with Gasteiger partial charge in [-0.05, 0) is 33.4 Å². The number of carbonyl (C=O) groups excluding carboxylic acids is 1. The normalized spacial score (nSPS) is 18.9. The highest BCUT2D eigenvalue weighted by Gasteiger charge is 2.19. The van der Waals surface area contributed by atoms with Crippen LogP contribution in [0.25, 0.3) is 0 Å².